The average molecular weight is 455 g/mol. The fourth-order valence-corrected chi connectivity index (χ4v) is 4.62. The molecule has 0 unspecified atom stereocenters. The molecule has 6 heteroatoms. The van der Waals surface area contributed by atoms with Crippen LogP contribution >= 0.6 is 0 Å². The number of rotatable bonds is 13. The normalized spacial score (nSPS) is 21.8. The molecule has 0 N–H and O–H groups in total. The molecule has 0 aromatic heterocycles. The van der Waals surface area contributed by atoms with Gasteiger partial charge in [0, 0.05) is 0 Å². The summed E-state index contributed by atoms with van der Waals surface area (Å²) in [5.74, 6) is 0.810. The van der Waals surface area contributed by atoms with Gasteiger partial charge in [0.05, 0.1) is 6.61 Å². The van der Waals surface area contributed by atoms with Crippen LogP contribution in [0.4, 0.5) is 9.59 Å². The first kappa shape index (κ1) is 26.8. The van der Waals surface area contributed by atoms with Gasteiger partial charge in [-0.05, 0) is 63.7 Å². The van der Waals surface area contributed by atoms with Gasteiger partial charge >= 0.3 is 12.3 Å². The number of unbranched alkanes of at least 4 members (excludes halogenated alkanes) is 6. The molecule has 6 nitrogen and oxygen atoms in total. The van der Waals surface area contributed by atoms with Gasteiger partial charge in [-0.3, -0.25) is 0 Å². The summed E-state index contributed by atoms with van der Waals surface area (Å²) in [5, 5.41) is 0. The van der Waals surface area contributed by atoms with Crippen LogP contribution in [0.5, 0.6) is 0 Å². The van der Waals surface area contributed by atoms with Crippen molar-refractivity contribution >= 4 is 12.3 Å². The first-order valence-corrected chi connectivity index (χ1v) is 13.2. The van der Waals surface area contributed by atoms with Crippen molar-refractivity contribution in [2.75, 3.05) is 6.61 Å². The van der Waals surface area contributed by atoms with E-state index in [2.05, 4.69) is 13.8 Å². The fourth-order valence-electron chi connectivity index (χ4n) is 4.62. The van der Waals surface area contributed by atoms with Crippen LogP contribution in [0.25, 0.3) is 0 Å². The fraction of sp³-hybridized carbons (Fsp3) is 0.923. The van der Waals surface area contributed by atoms with E-state index in [0.29, 0.717) is 32.3 Å². The lowest BCUT2D eigenvalue weighted by molar-refractivity contribution is -0.0401. The van der Waals surface area contributed by atoms with Crippen LogP contribution in [0.1, 0.15) is 123 Å². The third kappa shape index (κ3) is 12.5. The van der Waals surface area contributed by atoms with Gasteiger partial charge in [-0.1, -0.05) is 65.2 Å². The van der Waals surface area contributed by atoms with Gasteiger partial charge in [0.1, 0.15) is 18.3 Å². The van der Waals surface area contributed by atoms with E-state index in [9.17, 15) is 9.59 Å². The highest BCUT2D eigenvalue weighted by molar-refractivity contribution is 5.60. The van der Waals surface area contributed by atoms with Crippen molar-refractivity contribution < 1.29 is 28.5 Å². The highest BCUT2D eigenvalue weighted by Gasteiger charge is 2.28. The Morgan fingerprint density at radius 2 is 1.09 bits per heavy atom. The molecule has 2 fully saturated rings. The third-order valence-electron chi connectivity index (χ3n) is 6.61. The second-order valence-electron chi connectivity index (χ2n) is 10.0. The Bertz CT molecular complexity index is 506. The van der Waals surface area contributed by atoms with Crippen molar-refractivity contribution in [3.63, 3.8) is 0 Å². The molecule has 0 heterocycles. The minimum Gasteiger partial charge on any atom is -0.434 e. The first-order chi connectivity index (χ1) is 15.5. The topological polar surface area (TPSA) is 71.1 Å². The Labute approximate surface area is 195 Å². The minimum atomic E-state index is -0.570. The summed E-state index contributed by atoms with van der Waals surface area (Å²) in [6.07, 6.45) is 16.5. The number of hydrogen-bond donors (Lipinski definition) is 0. The molecule has 2 aliphatic carbocycles. The summed E-state index contributed by atoms with van der Waals surface area (Å²) in [6.45, 7) is 4.99. The molecule has 0 bridgehead atoms. The predicted octanol–water partition coefficient (Wildman–Crippen LogP) is 7.71. The molecule has 0 aromatic carbocycles. The zero-order chi connectivity index (χ0) is 23.0. The van der Waals surface area contributed by atoms with Gasteiger partial charge in [0.2, 0.25) is 0 Å². The monoisotopic (exact) mass is 454 g/mol. The molecule has 0 radical (unpaired) electrons. The van der Waals surface area contributed by atoms with E-state index in [-0.39, 0.29) is 18.3 Å². The predicted molar refractivity (Wildman–Crippen MR) is 125 cm³/mol. The van der Waals surface area contributed by atoms with Crippen molar-refractivity contribution in [1.82, 2.24) is 0 Å². The molecule has 2 aliphatic rings. The molecular weight excluding hydrogens is 408 g/mol. The number of hydrogen-bond acceptors (Lipinski definition) is 6. The highest BCUT2D eigenvalue weighted by atomic mass is 16.7. The molecular formula is C26H46O6. The Kier molecular flexibility index (Phi) is 13.6. The molecule has 0 saturated heterocycles. The van der Waals surface area contributed by atoms with Crippen molar-refractivity contribution in [3.8, 4) is 0 Å². The van der Waals surface area contributed by atoms with Crippen LogP contribution in [0, 0.1) is 5.92 Å². The largest absolute Gasteiger partial charge is 0.508 e. The molecule has 0 amide bonds. The molecule has 0 spiro atoms. The smallest absolute Gasteiger partial charge is 0.434 e. The number of carbonyl (C=O) groups excluding carboxylic acids is 2. The van der Waals surface area contributed by atoms with Crippen molar-refractivity contribution in [2.45, 2.75) is 141 Å². The Balaban J connectivity index is 1.42. The van der Waals surface area contributed by atoms with Crippen LogP contribution in [-0.4, -0.2) is 37.2 Å². The third-order valence-corrected chi connectivity index (χ3v) is 6.61. The van der Waals surface area contributed by atoms with Crippen molar-refractivity contribution in [2.24, 2.45) is 5.92 Å². The maximum absolute atomic E-state index is 12.0. The van der Waals surface area contributed by atoms with Crippen molar-refractivity contribution in [1.29, 1.82) is 0 Å². The summed E-state index contributed by atoms with van der Waals surface area (Å²) < 4.78 is 21.5. The second kappa shape index (κ2) is 16.2. The van der Waals surface area contributed by atoms with Crippen LogP contribution in [0.15, 0.2) is 0 Å². The van der Waals surface area contributed by atoms with Crippen molar-refractivity contribution in [3.05, 3.63) is 0 Å². The van der Waals surface area contributed by atoms with E-state index in [1.807, 2.05) is 0 Å². The van der Waals surface area contributed by atoms with Gasteiger partial charge < -0.3 is 18.9 Å². The summed E-state index contributed by atoms with van der Waals surface area (Å²) in [6, 6.07) is 0. The van der Waals surface area contributed by atoms with Crippen LogP contribution < -0.4 is 0 Å². The lowest BCUT2D eigenvalue weighted by Gasteiger charge is -2.28. The Hall–Kier alpha value is -1.46. The zero-order valence-electron chi connectivity index (χ0n) is 20.5. The minimum absolute atomic E-state index is 0.0143. The second-order valence-corrected chi connectivity index (χ2v) is 10.0. The quantitative estimate of drug-likeness (QED) is 0.210. The molecule has 32 heavy (non-hydrogen) atoms. The summed E-state index contributed by atoms with van der Waals surface area (Å²) >= 11 is 0. The number of carbonyl (C=O) groups is 2. The average Bonchev–Trinajstić information content (AvgIpc) is 2.77. The van der Waals surface area contributed by atoms with Gasteiger partial charge in [-0.25, -0.2) is 9.59 Å². The van der Waals surface area contributed by atoms with E-state index in [1.165, 1.54) is 44.9 Å². The Morgan fingerprint density at radius 3 is 1.66 bits per heavy atom. The lowest BCUT2D eigenvalue weighted by atomic mass is 9.95. The maximum atomic E-state index is 12.0. The van der Waals surface area contributed by atoms with E-state index in [4.69, 9.17) is 18.9 Å². The molecule has 0 aromatic rings. The van der Waals surface area contributed by atoms with Crippen LogP contribution in [0.3, 0.4) is 0 Å². The number of ether oxygens (including phenoxy) is 4. The van der Waals surface area contributed by atoms with Crippen LogP contribution in [0.2, 0.25) is 0 Å². The molecule has 0 atom stereocenters. The van der Waals surface area contributed by atoms with E-state index >= 15 is 0 Å². The SMILES string of the molecule is CC(C)CCCCCCCCCOC(=O)OC1CCC(OC(=O)OC2CCCCC2)CC1. The lowest BCUT2D eigenvalue weighted by Crippen LogP contribution is -2.31. The summed E-state index contributed by atoms with van der Waals surface area (Å²) in [7, 11) is 0. The van der Waals surface area contributed by atoms with E-state index in [1.54, 1.807) is 0 Å². The molecule has 2 saturated carbocycles. The van der Waals surface area contributed by atoms with Gasteiger partial charge in [0.15, 0.2) is 0 Å². The molecule has 186 valence electrons. The molecule has 2 rings (SSSR count). The standard InChI is InChI=1S/C26H46O6/c1-21(2)13-9-6-4-3-5-7-12-20-29-25(27)30-23-16-18-24(19-17-23)32-26(28)31-22-14-10-8-11-15-22/h21-24H,3-20H2,1-2H3. The summed E-state index contributed by atoms with van der Waals surface area (Å²) in [4.78, 5) is 23.9. The molecule has 0 aliphatic heterocycles. The Morgan fingerprint density at radius 1 is 0.625 bits per heavy atom. The van der Waals surface area contributed by atoms with Gasteiger partial charge in [0.25, 0.3) is 0 Å². The summed E-state index contributed by atoms with van der Waals surface area (Å²) in [5.41, 5.74) is 0. The van der Waals surface area contributed by atoms with Crippen LogP contribution in [-0.2, 0) is 18.9 Å². The zero-order valence-corrected chi connectivity index (χ0v) is 20.5. The van der Waals surface area contributed by atoms with Gasteiger partial charge in [-0.2, -0.15) is 0 Å². The highest BCUT2D eigenvalue weighted by Crippen LogP contribution is 2.26. The van der Waals surface area contributed by atoms with E-state index < -0.39 is 12.3 Å². The van der Waals surface area contributed by atoms with E-state index in [0.717, 1.165) is 44.4 Å². The first-order valence-electron chi connectivity index (χ1n) is 13.2. The maximum Gasteiger partial charge on any atom is 0.508 e. The van der Waals surface area contributed by atoms with Gasteiger partial charge in [-0.15, -0.1) is 0 Å².